The van der Waals surface area contributed by atoms with Crippen molar-refractivity contribution >= 4 is 5.97 Å². The number of nitrogens with two attached hydrogens (primary N) is 1. The average Bonchev–Trinajstić information content (AvgIpc) is 2.26. The summed E-state index contributed by atoms with van der Waals surface area (Å²) >= 11 is 0. The van der Waals surface area contributed by atoms with Crippen molar-refractivity contribution in [3.05, 3.63) is 0 Å². The first-order valence-electron chi connectivity index (χ1n) is 5.30. The van der Waals surface area contributed by atoms with Crippen LogP contribution in [0.25, 0.3) is 0 Å². The van der Waals surface area contributed by atoms with Gasteiger partial charge in [0.05, 0.1) is 20.3 Å². The highest BCUT2D eigenvalue weighted by Gasteiger charge is 2.21. The molecule has 0 aromatic heterocycles. The monoisotopic (exact) mass is 216 g/mol. The Balaban J connectivity index is 2.26. The van der Waals surface area contributed by atoms with Gasteiger partial charge in [0.25, 0.3) is 0 Å². The van der Waals surface area contributed by atoms with E-state index in [9.17, 15) is 4.79 Å². The van der Waals surface area contributed by atoms with Gasteiger partial charge in [-0.2, -0.15) is 0 Å². The molecule has 1 aliphatic heterocycles. The number of carbonyl (C=O) groups excluding carboxylic acids is 1. The molecule has 2 atom stereocenters. The van der Waals surface area contributed by atoms with Crippen LogP contribution in [0, 0.1) is 0 Å². The molecule has 2 N–H and O–H groups in total. The lowest BCUT2D eigenvalue weighted by atomic mass is 10.2. The van der Waals surface area contributed by atoms with Crippen molar-refractivity contribution in [1.82, 2.24) is 4.90 Å². The first kappa shape index (κ1) is 12.4. The van der Waals surface area contributed by atoms with Gasteiger partial charge >= 0.3 is 5.97 Å². The van der Waals surface area contributed by atoms with Crippen molar-refractivity contribution in [3.63, 3.8) is 0 Å². The molecule has 0 bridgehead atoms. The van der Waals surface area contributed by atoms with Crippen LogP contribution in [0.2, 0.25) is 0 Å². The van der Waals surface area contributed by atoms with Crippen LogP contribution in [0.15, 0.2) is 0 Å². The number of morpholine rings is 1. The molecule has 2 unspecified atom stereocenters. The van der Waals surface area contributed by atoms with E-state index in [1.165, 1.54) is 7.11 Å². The third-order valence-electron chi connectivity index (χ3n) is 2.74. The first-order valence-corrected chi connectivity index (χ1v) is 5.30. The maximum absolute atomic E-state index is 11.1. The Labute approximate surface area is 90.5 Å². The maximum atomic E-state index is 11.1. The molecule has 0 radical (unpaired) electrons. The molecule has 0 aromatic carbocycles. The molecule has 1 fully saturated rings. The topological polar surface area (TPSA) is 64.8 Å². The fraction of sp³-hybridized carbons (Fsp3) is 0.900. The predicted molar refractivity (Wildman–Crippen MR) is 56.5 cm³/mol. The van der Waals surface area contributed by atoms with Crippen LogP contribution in [0.1, 0.15) is 13.3 Å². The zero-order valence-corrected chi connectivity index (χ0v) is 9.44. The van der Waals surface area contributed by atoms with Gasteiger partial charge in [-0.25, -0.2) is 0 Å². The largest absolute Gasteiger partial charge is 0.468 e. The second-order valence-electron chi connectivity index (χ2n) is 3.88. The predicted octanol–water partition coefficient (Wildman–Crippen LogP) is -0.402. The fourth-order valence-corrected chi connectivity index (χ4v) is 1.67. The average molecular weight is 216 g/mol. The summed E-state index contributed by atoms with van der Waals surface area (Å²) in [5.41, 5.74) is 5.66. The lowest BCUT2D eigenvalue weighted by Gasteiger charge is -2.33. The Morgan fingerprint density at radius 1 is 1.73 bits per heavy atom. The molecule has 5 heteroatoms. The second kappa shape index (κ2) is 6.05. The van der Waals surface area contributed by atoms with E-state index in [2.05, 4.69) is 16.6 Å². The number of rotatable bonds is 4. The molecule has 1 aliphatic rings. The molecule has 0 aliphatic carbocycles. The number of esters is 1. The van der Waals surface area contributed by atoms with Crippen LogP contribution in [0.5, 0.6) is 0 Å². The van der Waals surface area contributed by atoms with Crippen molar-refractivity contribution in [2.75, 3.05) is 33.4 Å². The van der Waals surface area contributed by atoms with E-state index in [1.807, 2.05) is 0 Å². The first-order chi connectivity index (χ1) is 7.15. The number of hydrogen-bond acceptors (Lipinski definition) is 5. The number of methoxy groups -OCH3 is 1. The molecule has 0 spiro atoms. The Hall–Kier alpha value is -0.650. The van der Waals surface area contributed by atoms with Crippen LogP contribution in [-0.2, 0) is 14.3 Å². The van der Waals surface area contributed by atoms with E-state index >= 15 is 0 Å². The van der Waals surface area contributed by atoms with Gasteiger partial charge in [-0.3, -0.25) is 9.69 Å². The number of nitrogens with zero attached hydrogens (tertiary/aromatic N) is 1. The Kier molecular flexibility index (Phi) is 5.01. The number of carbonyl (C=O) groups is 1. The second-order valence-corrected chi connectivity index (χ2v) is 3.88. The highest BCUT2D eigenvalue weighted by atomic mass is 16.5. The molecule has 5 nitrogen and oxygen atoms in total. The van der Waals surface area contributed by atoms with Gasteiger partial charge in [0.2, 0.25) is 0 Å². The van der Waals surface area contributed by atoms with Crippen molar-refractivity contribution in [3.8, 4) is 0 Å². The van der Waals surface area contributed by atoms with Crippen LogP contribution >= 0.6 is 0 Å². The zero-order valence-electron chi connectivity index (χ0n) is 9.44. The van der Waals surface area contributed by atoms with E-state index in [1.54, 1.807) is 0 Å². The normalized spacial score (nSPS) is 24.9. The van der Waals surface area contributed by atoms with E-state index in [-0.39, 0.29) is 5.97 Å². The minimum atomic E-state index is -0.509. The molecule has 0 saturated carbocycles. The minimum Gasteiger partial charge on any atom is -0.468 e. The van der Waals surface area contributed by atoms with Gasteiger partial charge in [0.1, 0.15) is 6.04 Å². The van der Waals surface area contributed by atoms with E-state index in [0.717, 1.165) is 26.3 Å². The molecular formula is C10H20N2O3. The molecule has 1 heterocycles. The molecule has 1 saturated heterocycles. The molecule has 0 amide bonds. The standard InChI is InChI=1S/C10H20N2O3/c1-8-7-15-6-5-12(8)4-3-9(11)10(13)14-2/h8-9H,3-7,11H2,1-2H3. The SMILES string of the molecule is COC(=O)C(N)CCN1CCOCC1C. The van der Waals surface area contributed by atoms with Crippen molar-refractivity contribution in [2.45, 2.75) is 25.4 Å². The molecule has 1 rings (SSSR count). The number of hydrogen-bond donors (Lipinski definition) is 1. The molecular weight excluding hydrogens is 196 g/mol. The summed E-state index contributed by atoms with van der Waals surface area (Å²) in [4.78, 5) is 13.4. The number of ether oxygens (including phenoxy) is 2. The van der Waals surface area contributed by atoms with Gasteiger partial charge in [0, 0.05) is 19.1 Å². The third kappa shape index (κ3) is 3.77. The smallest absolute Gasteiger partial charge is 0.322 e. The minimum absolute atomic E-state index is 0.337. The highest BCUT2D eigenvalue weighted by Crippen LogP contribution is 2.07. The van der Waals surface area contributed by atoms with Crippen molar-refractivity contribution in [2.24, 2.45) is 5.73 Å². The summed E-state index contributed by atoms with van der Waals surface area (Å²) < 4.78 is 9.89. The quantitative estimate of drug-likeness (QED) is 0.648. The summed E-state index contributed by atoms with van der Waals surface area (Å²) in [6.45, 7) is 5.37. The molecule has 88 valence electrons. The van der Waals surface area contributed by atoms with E-state index in [4.69, 9.17) is 10.5 Å². The van der Waals surface area contributed by atoms with Crippen molar-refractivity contribution < 1.29 is 14.3 Å². The summed E-state index contributed by atoms with van der Waals surface area (Å²) in [5, 5.41) is 0. The summed E-state index contributed by atoms with van der Waals surface area (Å²) in [6.07, 6.45) is 0.636. The lowest BCUT2D eigenvalue weighted by molar-refractivity contribution is -0.142. The van der Waals surface area contributed by atoms with Gasteiger partial charge in [-0.1, -0.05) is 0 Å². The summed E-state index contributed by atoms with van der Waals surface area (Å²) in [6, 6.07) is -0.103. The van der Waals surface area contributed by atoms with Gasteiger partial charge in [0.15, 0.2) is 0 Å². The fourth-order valence-electron chi connectivity index (χ4n) is 1.67. The molecule has 0 aromatic rings. The summed E-state index contributed by atoms with van der Waals surface area (Å²) in [5.74, 6) is -0.337. The Morgan fingerprint density at radius 2 is 2.47 bits per heavy atom. The lowest BCUT2D eigenvalue weighted by Crippen LogP contribution is -2.46. The van der Waals surface area contributed by atoms with E-state index in [0.29, 0.717) is 12.5 Å². The van der Waals surface area contributed by atoms with Crippen LogP contribution in [0.4, 0.5) is 0 Å². The van der Waals surface area contributed by atoms with Gasteiger partial charge < -0.3 is 15.2 Å². The van der Waals surface area contributed by atoms with Gasteiger partial charge in [-0.15, -0.1) is 0 Å². The van der Waals surface area contributed by atoms with Crippen LogP contribution in [-0.4, -0.2) is 56.4 Å². The van der Waals surface area contributed by atoms with Crippen molar-refractivity contribution in [1.29, 1.82) is 0 Å². The Bertz CT molecular complexity index is 211. The maximum Gasteiger partial charge on any atom is 0.322 e. The zero-order chi connectivity index (χ0) is 11.3. The van der Waals surface area contributed by atoms with Crippen LogP contribution in [0.3, 0.4) is 0 Å². The highest BCUT2D eigenvalue weighted by molar-refractivity contribution is 5.75. The molecule has 15 heavy (non-hydrogen) atoms. The van der Waals surface area contributed by atoms with Crippen LogP contribution < -0.4 is 5.73 Å². The van der Waals surface area contributed by atoms with Gasteiger partial charge in [-0.05, 0) is 13.3 Å². The third-order valence-corrected chi connectivity index (χ3v) is 2.74. The summed E-state index contributed by atoms with van der Waals surface area (Å²) in [7, 11) is 1.36. The van der Waals surface area contributed by atoms with E-state index < -0.39 is 6.04 Å². The Morgan fingerprint density at radius 3 is 3.07 bits per heavy atom.